The minimum atomic E-state index is -3.57. The first-order valence-corrected chi connectivity index (χ1v) is 12.4. The number of nitrogens with one attached hydrogen (secondary N) is 1. The fraction of sp³-hybridized carbons (Fsp3) is 0.636. The molecule has 8 nitrogen and oxygen atoms in total. The first-order chi connectivity index (χ1) is 14.6. The summed E-state index contributed by atoms with van der Waals surface area (Å²) in [6.07, 6.45) is 3.79. The number of rotatable bonds is 5. The molecule has 0 aromatic heterocycles. The fourth-order valence-corrected chi connectivity index (χ4v) is 5.41. The molecule has 1 heterocycles. The average molecular weight is 452 g/mol. The second-order valence-electron chi connectivity index (χ2n) is 9.10. The maximum atomic E-state index is 13.1. The molecule has 1 aliphatic carbocycles. The molecule has 0 unspecified atom stereocenters. The summed E-state index contributed by atoms with van der Waals surface area (Å²) in [6.45, 7) is 6.72. The first kappa shape index (κ1) is 23.5. The Kier molecular flexibility index (Phi) is 7.26. The van der Waals surface area contributed by atoms with Crippen molar-refractivity contribution in [1.82, 2.24) is 14.5 Å². The Balaban J connectivity index is 1.49. The molecule has 1 saturated heterocycles. The maximum absolute atomic E-state index is 13.1. The quantitative estimate of drug-likeness (QED) is 0.741. The van der Waals surface area contributed by atoms with Crippen molar-refractivity contribution < 1.29 is 22.7 Å². The Morgan fingerprint density at radius 2 is 1.68 bits per heavy atom. The van der Waals surface area contributed by atoms with Crippen LogP contribution in [-0.4, -0.2) is 67.9 Å². The summed E-state index contributed by atoms with van der Waals surface area (Å²) >= 11 is 0. The second kappa shape index (κ2) is 9.56. The summed E-state index contributed by atoms with van der Waals surface area (Å²) in [4.78, 5) is 26.1. The third-order valence-corrected chi connectivity index (χ3v) is 7.45. The molecule has 0 bridgehead atoms. The standard InChI is InChI=1S/C22H33N3O5S/c1-22(2,3)30-21(27)23-11-10-20(26)24-12-14-25(15-13-24)31(28,29)19-9-8-17-6-4-5-7-18(17)16-19/h8-9,16H,4-7,10-15H2,1-3H3,(H,23,27). The highest BCUT2D eigenvalue weighted by atomic mass is 32.2. The SMILES string of the molecule is CC(C)(C)OC(=O)NCCC(=O)N1CCN(S(=O)(=O)c2ccc3c(c2)CCCC3)CC1. The Labute approximate surface area is 185 Å². The van der Waals surface area contributed by atoms with Crippen molar-refractivity contribution in [2.24, 2.45) is 0 Å². The van der Waals surface area contributed by atoms with Crippen molar-refractivity contribution in [2.45, 2.75) is 63.4 Å². The molecule has 1 fully saturated rings. The van der Waals surface area contributed by atoms with Gasteiger partial charge in [-0.25, -0.2) is 13.2 Å². The van der Waals surface area contributed by atoms with Crippen molar-refractivity contribution in [1.29, 1.82) is 0 Å². The van der Waals surface area contributed by atoms with Crippen LogP contribution < -0.4 is 5.32 Å². The van der Waals surface area contributed by atoms with Gasteiger partial charge in [-0.3, -0.25) is 4.79 Å². The molecular formula is C22H33N3O5S. The lowest BCUT2D eigenvalue weighted by atomic mass is 9.92. The van der Waals surface area contributed by atoms with E-state index in [4.69, 9.17) is 4.74 Å². The summed E-state index contributed by atoms with van der Waals surface area (Å²) in [7, 11) is -3.57. The van der Waals surface area contributed by atoms with Crippen molar-refractivity contribution in [3.8, 4) is 0 Å². The number of carbonyl (C=O) groups excluding carboxylic acids is 2. The van der Waals surface area contributed by atoms with Gasteiger partial charge in [0, 0.05) is 39.1 Å². The van der Waals surface area contributed by atoms with Gasteiger partial charge in [0.05, 0.1) is 4.90 Å². The van der Waals surface area contributed by atoms with Crippen LogP contribution in [0.2, 0.25) is 0 Å². The van der Waals surface area contributed by atoms with Crippen molar-refractivity contribution >= 4 is 22.0 Å². The van der Waals surface area contributed by atoms with Crippen molar-refractivity contribution in [3.63, 3.8) is 0 Å². The van der Waals surface area contributed by atoms with E-state index in [-0.39, 0.29) is 32.0 Å². The number of ether oxygens (including phenoxy) is 1. The number of amides is 2. The van der Waals surface area contributed by atoms with E-state index in [0.717, 1.165) is 31.2 Å². The van der Waals surface area contributed by atoms with Gasteiger partial charge in [-0.05, 0) is 69.7 Å². The molecule has 0 saturated carbocycles. The van der Waals surface area contributed by atoms with Crippen LogP contribution >= 0.6 is 0 Å². The molecule has 172 valence electrons. The number of piperazine rings is 1. The van der Waals surface area contributed by atoms with Crippen LogP contribution in [0.25, 0.3) is 0 Å². The third kappa shape index (κ3) is 6.20. The van der Waals surface area contributed by atoms with Gasteiger partial charge in [0.2, 0.25) is 15.9 Å². The molecule has 2 aliphatic rings. The Morgan fingerprint density at radius 3 is 2.32 bits per heavy atom. The smallest absolute Gasteiger partial charge is 0.407 e. The number of hydrogen-bond donors (Lipinski definition) is 1. The molecule has 0 spiro atoms. The minimum absolute atomic E-state index is 0.109. The number of aryl methyl sites for hydroxylation is 2. The molecule has 31 heavy (non-hydrogen) atoms. The summed E-state index contributed by atoms with van der Waals surface area (Å²) in [5.41, 5.74) is 1.80. The molecule has 0 atom stereocenters. The molecule has 3 rings (SSSR count). The minimum Gasteiger partial charge on any atom is -0.444 e. The number of alkyl carbamates (subject to hydrolysis) is 1. The maximum Gasteiger partial charge on any atom is 0.407 e. The lowest BCUT2D eigenvalue weighted by Gasteiger charge is -2.34. The summed E-state index contributed by atoms with van der Waals surface area (Å²) < 4.78 is 32.7. The number of benzene rings is 1. The van der Waals surface area contributed by atoms with E-state index in [1.807, 2.05) is 12.1 Å². The van der Waals surface area contributed by atoms with Crippen LogP contribution in [0, 0.1) is 0 Å². The van der Waals surface area contributed by atoms with Crippen LogP contribution in [0.5, 0.6) is 0 Å². The zero-order valence-electron chi connectivity index (χ0n) is 18.6. The molecule has 1 aromatic carbocycles. The van der Waals surface area contributed by atoms with Crippen LogP contribution in [0.3, 0.4) is 0 Å². The van der Waals surface area contributed by atoms with E-state index in [0.29, 0.717) is 18.0 Å². The van der Waals surface area contributed by atoms with Gasteiger partial charge in [0.15, 0.2) is 0 Å². The third-order valence-electron chi connectivity index (χ3n) is 5.56. The number of sulfonamides is 1. The highest BCUT2D eigenvalue weighted by Crippen LogP contribution is 2.26. The normalized spacial score (nSPS) is 17.7. The molecule has 9 heteroatoms. The lowest BCUT2D eigenvalue weighted by molar-refractivity contribution is -0.132. The van der Waals surface area contributed by atoms with Crippen LogP contribution in [0.1, 0.15) is 51.2 Å². The molecule has 2 amide bonds. The number of nitrogens with zero attached hydrogens (tertiary/aromatic N) is 2. The summed E-state index contributed by atoms with van der Waals surface area (Å²) in [5, 5.41) is 2.57. The fourth-order valence-electron chi connectivity index (χ4n) is 3.94. The van der Waals surface area contributed by atoms with E-state index in [9.17, 15) is 18.0 Å². The second-order valence-corrected chi connectivity index (χ2v) is 11.0. The van der Waals surface area contributed by atoms with Crippen molar-refractivity contribution in [3.05, 3.63) is 29.3 Å². The first-order valence-electron chi connectivity index (χ1n) is 10.9. The van der Waals surface area contributed by atoms with E-state index in [2.05, 4.69) is 5.32 Å². The monoisotopic (exact) mass is 451 g/mol. The van der Waals surface area contributed by atoms with Gasteiger partial charge in [-0.15, -0.1) is 0 Å². The zero-order chi connectivity index (χ0) is 22.6. The Bertz CT molecular complexity index is 916. The van der Waals surface area contributed by atoms with Gasteiger partial charge in [0.1, 0.15) is 5.60 Å². The van der Waals surface area contributed by atoms with Gasteiger partial charge < -0.3 is 15.0 Å². The van der Waals surface area contributed by atoms with Gasteiger partial charge in [-0.2, -0.15) is 4.31 Å². The Morgan fingerprint density at radius 1 is 1.03 bits per heavy atom. The van der Waals surface area contributed by atoms with E-state index < -0.39 is 21.7 Å². The number of hydrogen-bond acceptors (Lipinski definition) is 5. The summed E-state index contributed by atoms with van der Waals surface area (Å²) in [6, 6.07) is 5.47. The highest BCUT2D eigenvalue weighted by Gasteiger charge is 2.30. The topological polar surface area (TPSA) is 96.0 Å². The van der Waals surface area contributed by atoms with Crippen molar-refractivity contribution in [2.75, 3.05) is 32.7 Å². The zero-order valence-corrected chi connectivity index (χ0v) is 19.5. The van der Waals surface area contributed by atoms with Crippen LogP contribution in [0.4, 0.5) is 4.79 Å². The number of fused-ring (bicyclic) bond motifs is 1. The van der Waals surface area contributed by atoms with Gasteiger partial charge >= 0.3 is 6.09 Å². The molecule has 1 N–H and O–H groups in total. The van der Waals surface area contributed by atoms with E-state index in [1.165, 1.54) is 9.87 Å². The van der Waals surface area contributed by atoms with E-state index in [1.54, 1.807) is 31.7 Å². The summed E-state index contributed by atoms with van der Waals surface area (Å²) in [5.74, 6) is -0.109. The molecule has 0 radical (unpaired) electrons. The molecule has 1 aliphatic heterocycles. The average Bonchev–Trinajstić information content (AvgIpc) is 2.72. The van der Waals surface area contributed by atoms with Crippen LogP contribution in [0.15, 0.2) is 23.1 Å². The molecule has 1 aromatic rings. The molecular weight excluding hydrogens is 418 g/mol. The predicted molar refractivity (Wildman–Crippen MR) is 117 cm³/mol. The number of carbonyl (C=O) groups is 2. The van der Waals surface area contributed by atoms with Crippen LogP contribution in [-0.2, 0) is 32.4 Å². The van der Waals surface area contributed by atoms with E-state index >= 15 is 0 Å². The lowest BCUT2D eigenvalue weighted by Crippen LogP contribution is -2.51. The largest absolute Gasteiger partial charge is 0.444 e. The van der Waals surface area contributed by atoms with Gasteiger partial charge in [-0.1, -0.05) is 6.07 Å². The predicted octanol–water partition coefficient (Wildman–Crippen LogP) is 2.31. The van der Waals surface area contributed by atoms with Gasteiger partial charge in [0.25, 0.3) is 0 Å². The Hall–Kier alpha value is -2.13. The highest BCUT2D eigenvalue weighted by molar-refractivity contribution is 7.89.